The lowest BCUT2D eigenvalue weighted by atomic mass is 9.79. The van der Waals surface area contributed by atoms with E-state index in [4.69, 9.17) is 0 Å². The van der Waals surface area contributed by atoms with Crippen molar-refractivity contribution < 1.29 is 88.9 Å². The number of allylic oxidation sites excluding steroid dienone is 2. The molecule has 0 atom stereocenters. The van der Waals surface area contributed by atoms with Gasteiger partial charge in [0.25, 0.3) is 0 Å². The average molecular weight is 624 g/mol. The van der Waals surface area contributed by atoms with Crippen LogP contribution in [0.5, 0.6) is 5.75 Å². The molecule has 0 heterocycles. The van der Waals surface area contributed by atoms with E-state index >= 15 is 0 Å². The minimum Gasteiger partial charge on any atom is -0.462 e. The molecule has 1 aromatic rings. The summed E-state index contributed by atoms with van der Waals surface area (Å²) in [4.78, 5) is 11.8. The van der Waals surface area contributed by atoms with Gasteiger partial charge in [0.2, 0.25) is 5.76 Å². The summed E-state index contributed by atoms with van der Waals surface area (Å²) in [7, 11) is 0. The molecule has 0 aliphatic heterocycles. The zero-order chi connectivity index (χ0) is 31.8. The molecule has 20 heteroatoms. The fourth-order valence-electron chi connectivity index (χ4n) is 2.86. The first kappa shape index (κ1) is 35.1. The molecule has 0 saturated carbocycles. The number of hydrogen-bond acceptors (Lipinski definition) is 3. The normalized spacial score (nSPS) is 14.2. The molecule has 230 valence electrons. The highest BCUT2D eigenvalue weighted by Crippen LogP contribution is 2.63. The molecule has 0 saturated heterocycles. The van der Waals surface area contributed by atoms with Gasteiger partial charge in [-0.2, -0.15) is 65.9 Å². The number of benzene rings is 1. The molecule has 0 amide bonds. The number of ether oxygens (including phenoxy) is 2. The predicted molar refractivity (Wildman–Crippen MR) is 97.2 cm³/mol. The minimum absolute atomic E-state index is 0.0436. The lowest BCUT2D eigenvalue weighted by Crippen LogP contribution is -2.67. The first-order valence-corrected chi connectivity index (χ1v) is 10.1. The van der Waals surface area contributed by atoms with Crippen LogP contribution >= 0.6 is 0 Å². The van der Waals surface area contributed by atoms with Crippen molar-refractivity contribution in [1.82, 2.24) is 0 Å². The SMILES string of the molecule is CCCCOC(=O)c1ccc(OC(=C(C(F)(C(F)(F)F)C(F)(F)F)C(F)(C(F)(F)F)C(F)(F)F)C(F)(F)F)cc1. The third kappa shape index (κ3) is 6.67. The second-order valence-corrected chi connectivity index (χ2v) is 7.63. The van der Waals surface area contributed by atoms with Crippen molar-refractivity contribution in [2.75, 3.05) is 6.61 Å². The third-order valence-corrected chi connectivity index (χ3v) is 4.78. The fourth-order valence-corrected chi connectivity index (χ4v) is 2.86. The number of carbonyl (C=O) groups excluding carboxylic acids is 1. The van der Waals surface area contributed by atoms with Crippen molar-refractivity contribution >= 4 is 5.97 Å². The van der Waals surface area contributed by atoms with E-state index in [1.165, 1.54) is 0 Å². The van der Waals surface area contributed by atoms with Gasteiger partial charge in [-0.05, 0) is 30.7 Å². The van der Waals surface area contributed by atoms with Gasteiger partial charge < -0.3 is 9.47 Å². The van der Waals surface area contributed by atoms with Crippen LogP contribution in [-0.4, -0.2) is 54.8 Å². The van der Waals surface area contributed by atoms with Crippen LogP contribution in [0.3, 0.4) is 0 Å². The highest BCUT2D eigenvalue weighted by atomic mass is 19.4. The summed E-state index contributed by atoms with van der Waals surface area (Å²) in [5.41, 5.74) is -22.7. The van der Waals surface area contributed by atoms with Crippen LogP contribution in [-0.2, 0) is 4.74 Å². The van der Waals surface area contributed by atoms with Gasteiger partial charge in [-0.25, -0.2) is 13.6 Å². The first-order valence-electron chi connectivity index (χ1n) is 10.1. The monoisotopic (exact) mass is 624 g/mol. The van der Waals surface area contributed by atoms with E-state index in [0.29, 0.717) is 25.0 Å². The molecule has 0 spiro atoms. The van der Waals surface area contributed by atoms with Gasteiger partial charge in [0, 0.05) is 0 Å². The van der Waals surface area contributed by atoms with Crippen molar-refractivity contribution in [2.45, 2.75) is 62.0 Å². The topological polar surface area (TPSA) is 35.5 Å². The number of carbonyl (C=O) groups is 1. The van der Waals surface area contributed by atoms with Gasteiger partial charge in [-0.3, -0.25) is 0 Å². The Morgan fingerprint density at radius 2 is 1.02 bits per heavy atom. The Morgan fingerprint density at radius 3 is 1.32 bits per heavy atom. The molecule has 1 rings (SSSR count). The number of alkyl halides is 17. The standard InChI is InChI=1S/C20H13F17O3/c1-2-3-8-39-13(38)9-4-6-10(7-5-9)40-12(16(23,24)25)11(14(21,17(26,27)28)18(29,30)31)15(22,19(32,33)34)20(35,36)37/h4-7H,2-3,8H2,1H3. The van der Waals surface area contributed by atoms with Crippen molar-refractivity contribution in [3.63, 3.8) is 0 Å². The second-order valence-electron chi connectivity index (χ2n) is 7.63. The summed E-state index contributed by atoms with van der Waals surface area (Å²) in [6.07, 6.45) is -38.8. The Labute approximate surface area is 211 Å². The maximum atomic E-state index is 14.6. The zero-order valence-electron chi connectivity index (χ0n) is 19.1. The summed E-state index contributed by atoms with van der Waals surface area (Å²) in [6.45, 7) is 1.45. The summed E-state index contributed by atoms with van der Waals surface area (Å²) in [6, 6.07) is 0.845. The van der Waals surface area contributed by atoms with Gasteiger partial charge in [-0.15, -0.1) is 0 Å². The Morgan fingerprint density at radius 1 is 0.650 bits per heavy atom. The average Bonchev–Trinajstić information content (AvgIpc) is 2.75. The maximum absolute atomic E-state index is 14.6. The maximum Gasteiger partial charge on any atom is 0.449 e. The van der Waals surface area contributed by atoms with Gasteiger partial charge >= 0.3 is 48.2 Å². The first-order chi connectivity index (χ1) is 17.7. The molecule has 0 aliphatic rings. The highest BCUT2D eigenvalue weighted by molar-refractivity contribution is 5.89. The molecule has 0 unspecified atom stereocenters. The molecular weight excluding hydrogens is 611 g/mol. The number of halogens is 17. The molecule has 1 aromatic carbocycles. The van der Waals surface area contributed by atoms with Crippen LogP contribution in [0.1, 0.15) is 30.1 Å². The zero-order valence-corrected chi connectivity index (χ0v) is 19.1. The lowest BCUT2D eigenvalue weighted by molar-refractivity contribution is -0.365. The molecule has 0 aliphatic carbocycles. The number of hydrogen-bond donors (Lipinski definition) is 0. The number of esters is 1. The van der Waals surface area contributed by atoms with Gasteiger partial charge in [-0.1, -0.05) is 13.3 Å². The van der Waals surface area contributed by atoms with Gasteiger partial charge in [0.1, 0.15) is 5.75 Å². The van der Waals surface area contributed by atoms with E-state index in [1.807, 2.05) is 0 Å². The van der Waals surface area contributed by atoms with Crippen LogP contribution in [0, 0.1) is 0 Å². The molecule has 0 bridgehead atoms. The molecule has 0 aromatic heterocycles. The van der Waals surface area contributed by atoms with Crippen LogP contribution < -0.4 is 4.74 Å². The van der Waals surface area contributed by atoms with Crippen LogP contribution in [0.4, 0.5) is 74.6 Å². The van der Waals surface area contributed by atoms with Crippen LogP contribution in [0.25, 0.3) is 0 Å². The van der Waals surface area contributed by atoms with Gasteiger partial charge in [0.15, 0.2) is 0 Å². The second kappa shape index (κ2) is 11.1. The van der Waals surface area contributed by atoms with E-state index in [2.05, 4.69) is 9.47 Å². The van der Waals surface area contributed by atoms with E-state index in [-0.39, 0.29) is 18.7 Å². The lowest BCUT2D eigenvalue weighted by Gasteiger charge is -2.41. The van der Waals surface area contributed by atoms with E-state index in [1.54, 1.807) is 6.92 Å². The van der Waals surface area contributed by atoms with Crippen molar-refractivity contribution in [2.24, 2.45) is 0 Å². The van der Waals surface area contributed by atoms with E-state index in [9.17, 15) is 79.4 Å². The largest absolute Gasteiger partial charge is 0.462 e. The number of unbranched alkanes of at least 4 members (excludes halogenated alkanes) is 1. The summed E-state index contributed by atoms with van der Waals surface area (Å²) >= 11 is 0. The van der Waals surface area contributed by atoms with E-state index < -0.39 is 70.8 Å². The van der Waals surface area contributed by atoms with Crippen molar-refractivity contribution in [3.8, 4) is 5.75 Å². The molecule has 40 heavy (non-hydrogen) atoms. The summed E-state index contributed by atoms with van der Waals surface area (Å²) in [5, 5.41) is 0. The van der Waals surface area contributed by atoms with E-state index in [0.717, 1.165) is 0 Å². The summed E-state index contributed by atoms with van der Waals surface area (Å²) in [5.74, 6) is -7.62. The van der Waals surface area contributed by atoms with Gasteiger partial charge in [0.05, 0.1) is 17.7 Å². The summed E-state index contributed by atoms with van der Waals surface area (Å²) < 4.78 is 237. The minimum atomic E-state index is -8.27. The predicted octanol–water partition coefficient (Wildman–Crippen LogP) is 8.50. The Hall–Kier alpha value is -2.96. The Bertz CT molecular complexity index is 989. The quantitative estimate of drug-likeness (QED) is 0.126. The molecule has 0 radical (unpaired) electrons. The molecule has 3 nitrogen and oxygen atoms in total. The molecular formula is C20H13F17O3. The molecule has 0 N–H and O–H groups in total. The highest BCUT2D eigenvalue weighted by Gasteiger charge is 2.88. The molecule has 0 fully saturated rings. The Balaban J connectivity index is 4.17. The Kier molecular flexibility index (Phi) is 9.76. The smallest absolute Gasteiger partial charge is 0.449 e. The van der Waals surface area contributed by atoms with Crippen LogP contribution in [0.15, 0.2) is 35.6 Å². The van der Waals surface area contributed by atoms with Crippen molar-refractivity contribution in [3.05, 3.63) is 41.2 Å². The fraction of sp³-hybridized carbons (Fsp3) is 0.550. The number of rotatable bonds is 8. The third-order valence-electron chi connectivity index (χ3n) is 4.78. The van der Waals surface area contributed by atoms with Crippen LogP contribution in [0.2, 0.25) is 0 Å². The van der Waals surface area contributed by atoms with Crippen molar-refractivity contribution in [1.29, 1.82) is 0 Å².